The van der Waals surface area contributed by atoms with Crippen LogP contribution in [0, 0.1) is 6.92 Å². The fourth-order valence-electron chi connectivity index (χ4n) is 2.32. The summed E-state index contributed by atoms with van der Waals surface area (Å²) in [4.78, 5) is 4.47. The largest absolute Gasteiger partial charge is 0.337 e. The lowest BCUT2D eigenvalue weighted by Crippen LogP contribution is -2.26. The van der Waals surface area contributed by atoms with E-state index in [0.717, 1.165) is 35.8 Å². The van der Waals surface area contributed by atoms with Crippen LogP contribution in [0.15, 0.2) is 30.6 Å². The second-order valence-electron chi connectivity index (χ2n) is 5.20. The molecule has 1 atom stereocenters. The Hall–Kier alpha value is -1.32. The highest BCUT2D eigenvalue weighted by molar-refractivity contribution is 6.31. The van der Waals surface area contributed by atoms with Crippen molar-refractivity contribution in [2.24, 2.45) is 7.05 Å². The number of aromatic nitrogens is 2. The lowest BCUT2D eigenvalue weighted by molar-refractivity contribution is 0.491. The molecule has 1 heterocycles. The molecule has 20 heavy (non-hydrogen) atoms. The van der Waals surface area contributed by atoms with E-state index in [2.05, 4.69) is 40.8 Å². The molecule has 0 aliphatic carbocycles. The van der Waals surface area contributed by atoms with Crippen LogP contribution in [-0.4, -0.2) is 16.1 Å². The van der Waals surface area contributed by atoms with Crippen LogP contribution in [0.2, 0.25) is 5.02 Å². The molecule has 2 aromatic rings. The number of imidazole rings is 1. The lowest BCUT2D eigenvalue weighted by Gasteiger charge is -2.19. The van der Waals surface area contributed by atoms with Crippen molar-refractivity contribution in [3.05, 3.63) is 52.6 Å². The zero-order chi connectivity index (χ0) is 14.5. The summed E-state index contributed by atoms with van der Waals surface area (Å²) in [6.45, 7) is 5.20. The predicted molar refractivity (Wildman–Crippen MR) is 84.1 cm³/mol. The first-order valence-electron chi connectivity index (χ1n) is 7.07. The van der Waals surface area contributed by atoms with Crippen LogP contribution in [0.25, 0.3) is 0 Å². The van der Waals surface area contributed by atoms with E-state index in [1.165, 1.54) is 5.56 Å². The van der Waals surface area contributed by atoms with Crippen molar-refractivity contribution in [1.29, 1.82) is 0 Å². The third-order valence-electron chi connectivity index (χ3n) is 3.44. The van der Waals surface area contributed by atoms with Gasteiger partial charge in [0.05, 0.1) is 6.04 Å². The van der Waals surface area contributed by atoms with Crippen molar-refractivity contribution in [2.75, 3.05) is 6.54 Å². The number of rotatable bonds is 6. The summed E-state index contributed by atoms with van der Waals surface area (Å²) >= 11 is 6.35. The minimum absolute atomic E-state index is 0.190. The van der Waals surface area contributed by atoms with E-state index in [9.17, 15) is 0 Å². The van der Waals surface area contributed by atoms with Gasteiger partial charge >= 0.3 is 0 Å². The van der Waals surface area contributed by atoms with E-state index in [1.807, 2.05) is 25.5 Å². The second kappa shape index (κ2) is 6.91. The summed E-state index contributed by atoms with van der Waals surface area (Å²) < 4.78 is 2.06. The van der Waals surface area contributed by atoms with Gasteiger partial charge in [0.1, 0.15) is 5.82 Å². The molecule has 0 aliphatic rings. The molecule has 1 aromatic heterocycles. The van der Waals surface area contributed by atoms with E-state index >= 15 is 0 Å². The van der Waals surface area contributed by atoms with Gasteiger partial charge in [-0.1, -0.05) is 30.7 Å². The highest BCUT2D eigenvalue weighted by Crippen LogP contribution is 2.23. The molecule has 0 radical (unpaired) electrons. The van der Waals surface area contributed by atoms with E-state index in [-0.39, 0.29) is 6.04 Å². The summed E-state index contributed by atoms with van der Waals surface area (Å²) in [5.74, 6) is 1.05. The first-order valence-corrected chi connectivity index (χ1v) is 7.45. The first-order chi connectivity index (χ1) is 9.61. The lowest BCUT2D eigenvalue weighted by atomic mass is 10.0. The maximum atomic E-state index is 6.35. The molecular formula is C16H22ClN3. The number of hydrogen-bond donors (Lipinski definition) is 1. The topological polar surface area (TPSA) is 29.9 Å². The second-order valence-corrected chi connectivity index (χ2v) is 5.61. The summed E-state index contributed by atoms with van der Waals surface area (Å²) in [5, 5.41) is 4.40. The zero-order valence-corrected chi connectivity index (χ0v) is 13.1. The Bertz CT molecular complexity index is 563. The van der Waals surface area contributed by atoms with Gasteiger partial charge in [-0.2, -0.15) is 0 Å². The minimum atomic E-state index is 0.190. The Morgan fingerprint density at radius 3 is 2.80 bits per heavy atom. The van der Waals surface area contributed by atoms with Crippen molar-refractivity contribution < 1.29 is 0 Å². The highest BCUT2D eigenvalue weighted by atomic mass is 35.5. The molecule has 0 saturated heterocycles. The van der Waals surface area contributed by atoms with Gasteiger partial charge < -0.3 is 9.88 Å². The van der Waals surface area contributed by atoms with Gasteiger partial charge in [-0.05, 0) is 43.5 Å². The third kappa shape index (κ3) is 3.62. The van der Waals surface area contributed by atoms with Gasteiger partial charge in [0.25, 0.3) is 0 Å². The molecular weight excluding hydrogens is 270 g/mol. The molecule has 4 heteroatoms. The van der Waals surface area contributed by atoms with E-state index < -0.39 is 0 Å². The fraction of sp³-hybridized carbons (Fsp3) is 0.438. The van der Waals surface area contributed by atoms with Gasteiger partial charge in [0.2, 0.25) is 0 Å². The summed E-state index contributed by atoms with van der Waals surface area (Å²) in [6.07, 6.45) is 5.77. The zero-order valence-electron chi connectivity index (χ0n) is 12.4. The Labute approximate surface area is 126 Å². The molecule has 1 N–H and O–H groups in total. The highest BCUT2D eigenvalue weighted by Gasteiger charge is 2.17. The van der Waals surface area contributed by atoms with Crippen LogP contribution in [0.3, 0.4) is 0 Å². The minimum Gasteiger partial charge on any atom is -0.337 e. The number of aryl methyl sites for hydroxylation is 2. The number of nitrogens with one attached hydrogen (secondary N) is 1. The standard InChI is InChI=1S/C16H22ClN3/c1-4-7-18-15(16-19-8-9-20(16)3)11-13-6-5-12(2)10-14(13)17/h5-6,8-10,15,18H,4,7,11H2,1-3H3. The van der Waals surface area contributed by atoms with Gasteiger partial charge in [0, 0.05) is 24.5 Å². The Morgan fingerprint density at radius 1 is 1.40 bits per heavy atom. The molecule has 0 saturated carbocycles. The number of hydrogen-bond acceptors (Lipinski definition) is 2. The van der Waals surface area contributed by atoms with Crippen LogP contribution < -0.4 is 5.32 Å². The molecule has 108 valence electrons. The molecule has 0 bridgehead atoms. The van der Waals surface area contributed by atoms with Crippen molar-refractivity contribution in [3.8, 4) is 0 Å². The normalized spacial score (nSPS) is 12.6. The van der Waals surface area contributed by atoms with E-state index in [0.29, 0.717) is 0 Å². The molecule has 0 fully saturated rings. The van der Waals surface area contributed by atoms with Crippen molar-refractivity contribution in [1.82, 2.24) is 14.9 Å². The Balaban J connectivity index is 2.21. The summed E-state index contributed by atoms with van der Waals surface area (Å²) in [7, 11) is 2.03. The van der Waals surface area contributed by atoms with Crippen molar-refractivity contribution in [3.63, 3.8) is 0 Å². The number of benzene rings is 1. The number of nitrogens with zero attached hydrogens (tertiary/aromatic N) is 2. The first kappa shape index (κ1) is 15.1. The number of halogens is 1. The van der Waals surface area contributed by atoms with Crippen LogP contribution in [0.4, 0.5) is 0 Å². The molecule has 0 aliphatic heterocycles. The van der Waals surface area contributed by atoms with Crippen LogP contribution in [0.5, 0.6) is 0 Å². The quantitative estimate of drug-likeness (QED) is 0.880. The summed E-state index contributed by atoms with van der Waals surface area (Å²) in [5.41, 5.74) is 2.35. The molecule has 1 unspecified atom stereocenters. The molecule has 0 spiro atoms. The summed E-state index contributed by atoms with van der Waals surface area (Å²) in [6, 6.07) is 6.43. The molecule has 1 aromatic carbocycles. The molecule has 3 nitrogen and oxygen atoms in total. The smallest absolute Gasteiger partial charge is 0.125 e. The average molecular weight is 292 g/mol. The maximum absolute atomic E-state index is 6.35. The van der Waals surface area contributed by atoms with Crippen molar-refractivity contribution >= 4 is 11.6 Å². The van der Waals surface area contributed by atoms with E-state index in [1.54, 1.807) is 0 Å². The van der Waals surface area contributed by atoms with Gasteiger partial charge in [0.15, 0.2) is 0 Å². The van der Waals surface area contributed by atoms with E-state index in [4.69, 9.17) is 11.6 Å². The van der Waals surface area contributed by atoms with Gasteiger partial charge in [-0.15, -0.1) is 0 Å². The molecule has 0 amide bonds. The van der Waals surface area contributed by atoms with Gasteiger partial charge in [-0.3, -0.25) is 0 Å². The fourth-order valence-corrected chi connectivity index (χ4v) is 2.64. The molecule has 2 rings (SSSR count). The third-order valence-corrected chi connectivity index (χ3v) is 3.80. The van der Waals surface area contributed by atoms with Crippen molar-refractivity contribution in [2.45, 2.75) is 32.7 Å². The van der Waals surface area contributed by atoms with Gasteiger partial charge in [-0.25, -0.2) is 4.98 Å². The van der Waals surface area contributed by atoms with Crippen LogP contribution in [0.1, 0.15) is 36.3 Å². The SMILES string of the molecule is CCCNC(Cc1ccc(C)cc1Cl)c1nccn1C. The maximum Gasteiger partial charge on any atom is 0.125 e. The van der Waals surface area contributed by atoms with Crippen LogP contribution in [-0.2, 0) is 13.5 Å². The van der Waals surface area contributed by atoms with Crippen LogP contribution >= 0.6 is 11.6 Å². The monoisotopic (exact) mass is 291 g/mol. The average Bonchev–Trinajstić information content (AvgIpc) is 2.83. The predicted octanol–water partition coefficient (Wildman–Crippen LogP) is 3.67. The Kier molecular flexibility index (Phi) is 5.21. The Morgan fingerprint density at radius 2 is 2.20 bits per heavy atom.